The number of nitrogens with one attached hydrogen (secondary N) is 1. The van der Waals surface area contributed by atoms with Crippen molar-refractivity contribution in [2.45, 2.75) is 32.7 Å². The summed E-state index contributed by atoms with van der Waals surface area (Å²) in [5.41, 5.74) is 3.84. The molecule has 0 radical (unpaired) electrons. The third-order valence-corrected chi connectivity index (χ3v) is 4.17. The Morgan fingerprint density at radius 2 is 2.00 bits per heavy atom. The zero-order valence-electron chi connectivity index (χ0n) is 11.2. The lowest BCUT2D eigenvalue weighted by atomic mass is 10.0. The fourth-order valence-electron chi connectivity index (χ4n) is 2.04. The van der Waals surface area contributed by atoms with Gasteiger partial charge in [0.05, 0.1) is 5.01 Å². The van der Waals surface area contributed by atoms with E-state index in [4.69, 9.17) is 0 Å². The third kappa shape index (κ3) is 3.18. The van der Waals surface area contributed by atoms with Gasteiger partial charge in [0, 0.05) is 23.5 Å². The van der Waals surface area contributed by atoms with Crippen molar-refractivity contribution >= 4 is 11.3 Å². The number of aromatic nitrogens is 1. The van der Waals surface area contributed by atoms with E-state index in [1.807, 2.05) is 14.0 Å². The van der Waals surface area contributed by atoms with Crippen molar-refractivity contribution in [2.75, 3.05) is 7.05 Å². The van der Waals surface area contributed by atoms with Crippen molar-refractivity contribution < 1.29 is 0 Å². The Bertz CT molecular complexity index is 487. The average Bonchev–Trinajstić information content (AvgIpc) is 2.82. The first kappa shape index (κ1) is 13.2. The van der Waals surface area contributed by atoms with E-state index in [1.54, 1.807) is 11.3 Å². The zero-order chi connectivity index (χ0) is 13.0. The predicted octanol–water partition coefficient (Wildman–Crippen LogP) is 3.52. The summed E-state index contributed by atoms with van der Waals surface area (Å²) in [7, 11) is 2.01. The SMILES string of the molecule is CCc1ccc(C(Cc2nc(C)cs2)NC)cc1. The highest BCUT2D eigenvalue weighted by atomic mass is 32.1. The van der Waals surface area contributed by atoms with Crippen LogP contribution in [0.15, 0.2) is 29.6 Å². The molecule has 0 bridgehead atoms. The molecule has 1 aromatic heterocycles. The fraction of sp³-hybridized carbons (Fsp3) is 0.400. The molecule has 2 nitrogen and oxygen atoms in total. The summed E-state index contributed by atoms with van der Waals surface area (Å²) in [5.74, 6) is 0. The Kier molecular flexibility index (Phi) is 4.50. The summed E-state index contributed by atoms with van der Waals surface area (Å²) >= 11 is 1.74. The molecule has 18 heavy (non-hydrogen) atoms. The standard InChI is InChI=1S/C15H20N2S/c1-4-12-5-7-13(8-6-12)14(16-3)9-15-17-11(2)10-18-15/h5-8,10,14,16H,4,9H2,1-3H3. The Balaban J connectivity index is 2.12. The van der Waals surface area contributed by atoms with Crippen LogP contribution in [0.2, 0.25) is 0 Å². The van der Waals surface area contributed by atoms with E-state index < -0.39 is 0 Å². The van der Waals surface area contributed by atoms with Gasteiger partial charge in [0.1, 0.15) is 0 Å². The van der Waals surface area contributed by atoms with Gasteiger partial charge in [0.15, 0.2) is 0 Å². The van der Waals surface area contributed by atoms with Crippen LogP contribution in [0, 0.1) is 6.92 Å². The highest BCUT2D eigenvalue weighted by Gasteiger charge is 2.12. The van der Waals surface area contributed by atoms with Crippen LogP contribution in [0.1, 0.15) is 34.8 Å². The van der Waals surface area contributed by atoms with Crippen LogP contribution in [0.25, 0.3) is 0 Å². The van der Waals surface area contributed by atoms with Gasteiger partial charge in [-0.3, -0.25) is 0 Å². The molecular formula is C15H20N2S. The van der Waals surface area contributed by atoms with Crippen molar-refractivity contribution in [2.24, 2.45) is 0 Å². The minimum absolute atomic E-state index is 0.349. The van der Waals surface area contributed by atoms with Crippen LogP contribution >= 0.6 is 11.3 Å². The van der Waals surface area contributed by atoms with Gasteiger partial charge in [0.25, 0.3) is 0 Å². The number of benzene rings is 1. The first-order chi connectivity index (χ1) is 8.72. The molecule has 1 N–H and O–H groups in total. The van der Waals surface area contributed by atoms with Gasteiger partial charge < -0.3 is 5.32 Å². The highest BCUT2D eigenvalue weighted by Crippen LogP contribution is 2.21. The molecule has 0 spiro atoms. The van der Waals surface area contributed by atoms with Gasteiger partial charge >= 0.3 is 0 Å². The summed E-state index contributed by atoms with van der Waals surface area (Å²) in [5, 5.41) is 6.69. The quantitative estimate of drug-likeness (QED) is 0.889. The number of nitrogens with zero attached hydrogens (tertiary/aromatic N) is 1. The molecule has 1 aromatic carbocycles. The Morgan fingerprint density at radius 1 is 1.28 bits per heavy atom. The fourth-order valence-corrected chi connectivity index (χ4v) is 2.86. The van der Waals surface area contributed by atoms with Crippen molar-refractivity contribution in [1.29, 1.82) is 0 Å². The van der Waals surface area contributed by atoms with Gasteiger partial charge in [0.2, 0.25) is 0 Å². The molecule has 0 aliphatic heterocycles. The molecule has 0 aliphatic carbocycles. The molecule has 0 aliphatic rings. The Hall–Kier alpha value is -1.19. The Morgan fingerprint density at radius 3 is 2.50 bits per heavy atom. The van der Waals surface area contributed by atoms with Crippen molar-refractivity contribution in [1.82, 2.24) is 10.3 Å². The van der Waals surface area contributed by atoms with E-state index in [0.29, 0.717) is 6.04 Å². The van der Waals surface area contributed by atoms with E-state index in [-0.39, 0.29) is 0 Å². The summed E-state index contributed by atoms with van der Waals surface area (Å²) in [6.07, 6.45) is 2.05. The van der Waals surface area contributed by atoms with Gasteiger partial charge in [-0.2, -0.15) is 0 Å². The molecule has 0 fully saturated rings. The maximum Gasteiger partial charge on any atom is 0.0947 e. The first-order valence-corrected chi connectivity index (χ1v) is 7.28. The van der Waals surface area contributed by atoms with Crippen LogP contribution in [0.5, 0.6) is 0 Å². The van der Waals surface area contributed by atoms with E-state index in [2.05, 4.69) is 46.9 Å². The molecule has 0 saturated carbocycles. The van der Waals surface area contributed by atoms with E-state index in [1.165, 1.54) is 16.1 Å². The van der Waals surface area contributed by atoms with Crippen molar-refractivity contribution in [3.8, 4) is 0 Å². The van der Waals surface area contributed by atoms with Crippen LogP contribution in [0.3, 0.4) is 0 Å². The summed E-state index contributed by atoms with van der Waals surface area (Å²) < 4.78 is 0. The molecule has 0 amide bonds. The van der Waals surface area contributed by atoms with E-state index >= 15 is 0 Å². The lowest BCUT2D eigenvalue weighted by molar-refractivity contribution is 0.590. The van der Waals surface area contributed by atoms with Gasteiger partial charge in [-0.15, -0.1) is 11.3 Å². The molecular weight excluding hydrogens is 240 g/mol. The van der Waals surface area contributed by atoms with Crippen LogP contribution in [-0.4, -0.2) is 12.0 Å². The van der Waals surface area contributed by atoms with Crippen LogP contribution in [0.4, 0.5) is 0 Å². The maximum atomic E-state index is 4.54. The van der Waals surface area contributed by atoms with Crippen LogP contribution in [-0.2, 0) is 12.8 Å². The summed E-state index contributed by atoms with van der Waals surface area (Å²) in [6, 6.07) is 9.22. The van der Waals surface area contributed by atoms with Crippen LogP contribution < -0.4 is 5.32 Å². The largest absolute Gasteiger partial charge is 0.313 e. The number of thiazole rings is 1. The Labute approximate surface area is 113 Å². The van der Waals surface area contributed by atoms with Crippen molar-refractivity contribution in [3.05, 3.63) is 51.5 Å². The molecule has 1 heterocycles. The number of rotatable bonds is 5. The molecule has 96 valence electrons. The average molecular weight is 260 g/mol. The normalized spacial score (nSPS) is 12.6. The second-order valence-corrected chi connectivity index (χ2v) is 5.47. The smallest absolute Gasteiger partial charge is 0.0947 e. The topological polar surface area (TPSA) is 24.9 Å². The van der Waals surface area contributed by atoms with E-state index in [0.717, 1.165) is 18.5 Å². The predicted molar refractivity (Wildman–Crippen MR) is 78.2 cm³/mol. The number of hydrogen-bond donors (Lipinski definition) is 1. The maximum absolute atomic E-state index is 4.54. The lowest BCUT2D eigenvalue weighted by Gasteiger charge is -2.15. The zero-order valence-corrected chi connectivity index (χ0v) is 12.1. The summed E-state index contributed by atoms with van der Waals surface area (Å²) in [6.45, 7) is 4.23. The number of likely N-dealkylation sites (N-methyl/N-ethyl adjacent to an activating group) is 1. The second kappa shape index (κ2) is 6.12. The summed E-state index contributed by atoms with van der Waals surface area (Å²) in [4.78, 5) is 4.54. The molecule has 1 unspecified atom stereocenters. The minimum Gasteiger partial charge on any atom is -0.313 e. The minimum atomic E-state index is 0.349. The molecule has 2 rings (SSSR count). The number of hydrogen-bond acceptors (Lipinski definition) is 3. The first-order valence-electron chi connectivity index (χ1n) is 6.40. The molecule has 1 atom stereocenters. The molecule has 3 heteroatoms. The van der Waals surface area contributed by atoms with E-state index in [9.17, 15) is 0 Å². The monoisotopic (exact) mass is 260 g/mol. The molecule has 2 aromatic rings. The highest BCUT2D eigenvalue weighted by molar-refractivity contribution is 7.09. The van der Waals surface area contributed by atoms with Gasteiger partial charge in [-0.25, -0.2) is 4.98 Å². The van der Waals surface area contributed by atoms with Crippen molar-refractivity contribution in [3.63, 3.8) is 0 Å². The van der Waals surface area contributed by atoms with Gasteiger partial charge in [-0.05, 0) is 31.5 Å². The second-order valence-electron chi connectivity index (χ2n) is 4.52. The molecule has 0 saturated heterocycles. The third-order valence-electron chi connectivity index (χ3n) is 3.18. The van der Waals surface area contributed by atoms with Gasteiger partial charge in [-0.1, -0.05) is 31.2 Å². The number of aryl methyl sites for hydroxylation is 2. The lowest BCUT2D eigenvalue weighted by Crippen LogP contribution is -2.18.